The first-order valence-electron chi connectivity index (χ1n) is 16.0. The number of carbonyl (C=O) groups is 2. The molecule has 1 amide bonds. The number of halogens is 4. The molecule has 0 aliphatic rings. The van der Waals surface area contributed by atoms with Gasteiger partial charge in [-0.05, 0) is 80.4 Å². The molecule has 0 aliphatic carbocycles. The smallest absolute Gasteiger partial charge is 0.393 e. The van der Waals surface area contributed by atoms with Gasteiger partial charge in [-0.2, -0.15) is 0 Å². The summed E-state index contributed by atoms with van der Waals surface area (Å²) in [6.45, 7) is 3.64. The average Bonchev–Trinajstić information content (AvgIpc) is 3.99. The zero-order valence-electron chi connectivity index (χ0n) is 28.4. The number of carboxylic acids is 1. The van der Waals surface area contributed by atoms with E-state index in [1.165, 1.54) is 30.3 Å². The topological polar surface area (TPSA) is 253 Å². The maximum Gasteiger partial charge on any atom is 0.393 e. The van der Waals surface area contributed by atoms with Crippen molar-refractivity contribution >= 4 is 77.4 Å². The maximum absolute atomic E-state index is 14.3. The third-order valence-corrected chi connectivity index (χ3v) is 8.12. The number of aryl methyl sites for hydroxylation is 2. The fourth-order valence-corrected chi connectivity index (χ4v) is 5.33. The normalized spacial score (nSPS) is 10.6. The summed E-state index contributed by atoms with van der Waals surface area (Å²) in [5.41, 5.74) is 9.43. The van der Waals surface area contributed by atoms with Crippen molar-refractivity contribution in [3.8, 4) is 22.8 Å². The molecule has 0 radical (unpaired) electrons. The number of nitrogen functional groups attached to an aromatic ring is 1. The molecular weight excluding hydrogens is 866 g/mol. The molecule has 56 heavy (non-hydrogen) atoms. The predicted octanol–water partition coefficient (Wildman–Crippen LogP) is 7.80. The van der Waals surface area contributed by atoms with Crippen LogP contribution in [-0.4, -0.2) is 67.3 Å². The molecule has 0 fully saturated rings. The fourth-order valence-electron chi connectivity index (χ4n) is 4.67. The van der Waals surface area contributed by atoms with Crippen LogP contribution in [0, 0.1) is 11.6 Å². The van der Waals surface area contributed by atoms with Crippen LogP contribution in [0.3, 0.4) is 0 Å². The molecule has 0 aliphatic heterocycles. The molecule has 6 heterocycles. The van der Waals surface area contributed by atoms with Gasteiger partial charge in [-0.25, -0.2) is 33.5 Å². The summed E-state index contributed by atoms with van der Waals surface area (Å²) in [5, 5.41) is 25.1. The lowest BCUT2D eigenvalue weighted by atomic mass is 10.1. The van der Waals surface area contributed by atoms with E-state index in [9.17, 15) is 18.4 Å². The van der Waals surface area contributed by atoms with Gasteiger partial charge in [0.15, 0.2) is 11.3 Å². The molecule has 6 aromatic heterocycles. The number of benzene rings is 2. The van der Waals surface area contributed by atoms with Gasteiger partial charge in [0.1, 0.15) is 23.3 Å². The highest BCUT2D eigenvalue weighted by Crippen LogP contribution is 2.28. The second-order valence-corrected chi connectivity index (χ2v) is 13.0. The summed E-state index contributed by atoms with van der Waals surface area (Å²) in [6, 6.07) is 12.2. The number of carboxylic acid groups (broad SMARTS) is 1. The number of carbonyl (C=O) groups excluding carboxylic acids is 1. The van der Waals surface area contributed by atoms with E-state index < -0.39 is 17.7 Å². The van der Waals surface area contributed by atoms with Crippen LogP contribution in [0.2, 0.25) is 0 Å². The van der Waals surface area contributed by atoms with E-state index in [0.29, 0.717) is 70.0 Å². The van der Waals surface area contributed by atoms with Crippen molar-refractivity contribution in [3.05, 3.63) is 105 Å². The van der Waals surface area contributed by atoms with Gasteiger partial charge in [0.25, 0.3) is 0 Å². The number of pyridine rings is 2. The quantitative estimate of drug-likeness (QED) is 0.0958. The van der Waals surface area contributed by atoms with Crippen LogP contribution in [0.5, 0.6) is 0 Å². The van der Waals surface area contributed by atoms with Crippen LogP contribution in [-0.2, 0) is 12.8 Å². The minimum Gasteiger partial charge on any atom is -0.474 e. The highest BCUT2D eigenvalue weighted by molar-refractivity contribution is 9.10. The largest absolute Gasteiger partial charge is 0.474 e. The summed E-state index contributed by atoms with van der Waals surface area (Å²) in [6.07, 6.45) is 4.33. The Bertz CT molecular complexity index is 2660. The Hall–Kier alpha value is -6.48. The number of aromatic nitrogens is 10. The van der Waals surface area contributed by atoms with Crippen LogP contribution in [0.1, 0.15) is 54.4 Å². The third kappa shape index (κ3) is 9.60. The SMILES string of the molecule is C.CCc1nnc(C(=O)Nc2ccc(F)c(-c3nc4ncc(Br)cc4[nH]3)c2)o1.CCc1nnc(C(=O)O)o1.Nc1ccc(F)c(-c2nc3ncc(Br)cc3[nH]2)c1. The summed E-state index contributed by atoms with van der Waals surface area (Å²) in [5.74, 6) is -1.71. The lowest BCUT2D eigenvalue weighted by Gasteiger charge is -2.05. The molecule has 0 unspecified atom stereocenters. The molecule has 0 saturated carbocycles. The number of fused-ring (bicyclic) bond motifs is 2. The second-order valence-electron chi connectivity index (χ2n) is 11.1. The number of anilines is 2. The number of H-pyrrole nitrogens is 2. The molecular formula is C35H30Br2F2N12O5. The number of nitrogens with zero attached hydrogens (tertiary/aromatic N) is 8. The Balaban J connectivity index is 0.000000178. The molecule has 0 spiro atoms. The molecule has 17 nitrogen and oxygen atoms in total. The number of amides is 1. The lowest BCUT2D eigenvalue weighted by Crippen LogP contribution is -2.12. The molecule has 8 rings (SSSR count). The lowest BCUT2D eigenvalue weighted by molar-refractivity contribution is 0.0651. The van der Waals surface area contributed by atoms with Crippen LogP contribution in [0.25, 0.3) is 45.1 Å². The number of hydrogen-bond donors (Lipinski definition) is 5. The Morgan fingerprint density at radius 2 is 1.27 bits per heavy atom. The molecule has 21 heteroatoms. The molecule has 288 valence electrons. The summed E-state index contributed by atoms with van der Waals surface area (Å²) in [4.78, 5) is 45.2. The van der Waals surface area contributed by atoms with Crippen molar-refractivity contribution in [1.82, 2.24) is 50.3 Å². The van der Waals surface area contributed by atoms with Gasteiger partial charge < -0.3 is 35.0 Å². The van der Waals surface area contributed by atoms with Crippen LogP contribution in [0.15, 0.2) is 78.7 Å². The minimum atomic E-state index is -1.19. The van der Waals surface area contributed by atoms with Crippen LogP contribution in [0.4, 0.5) is 20.2 Å². The Labute approximate surface area is 331 Å². The zero-order chi connectivity index (χ0) is 39.2. The summed E-state index contributed by atoms with van der Waals surface area (Å²) in [7, 11) is 0. The first-order chi connectivity index (χ1) is 26.4. The fraction of sp³-hybridized carbons (Fsp3) is 0.143. The molecule has 0 saturated heterocycles. The molecule has 2 aromatic carbocycles. The minimum absolute atomic E-state index is 0. The highest BCUT2D eigenvalue weighted by Gasteiger charge is 2.17. The average molecular weight is 897 g/mol. The van der Waals surface area contributed by atoms with Gasteiger partial charge in [0.2, 0.25) is 11.8 Å². The maximum atomic E-state index is 14.3. The van der Waals surface area contributed by atoms with E-state index in [-0.39, 0.29) is 30.6 Å². The number of nitrogens with one attached hydrogen (secondary N) is 3. The van der Waals surface area contributed by atoms with Crippen LogP contribution < -0.4 is 11.1 Å². The van der Waals surface area contributed by atoms with Gasteiger partial charge >= 0.3 is 23.7 Å². The molecule has 0 bridgehead atoms. The van der Waals surface area contributed by atoms with Gasteiger partial charge in [0.05, 0.1) is 22.2 Å². The third-order valence-electron chi connectivity index (χ3n) is 7.25. The number of rotatable bonds is 7. The standard InChI is InChI=1S/C17H12BrFN6O2.C12H8BrFN4.C5H6N2O3.CH4/c1-2-13-24-25-17(27-13)16(26)21-9-3-4-11(19)10(6-9)14-22-12-5-8(18)7-20-15(12)23-14;13-6-3-10-12(16-5-6)18-11(17-10)8-4-7(15)1-2-9(8)14;1-2-3-6-7-4(10-3)5(8)9;/h3-7H,2H2,1H3,(H,21,26)(H,20,22,23);1-5H,15H2,(H,16,17,18);2H2,1H3,(H,8,9);1H4. The van der Waals surface area contributed by atoms with E-state index in [1.54, 1.807) is 31.5 Å². The molecule has 8 aromatic rings. The monoisotopic (exact) mass is 894 g/mol. The summed E-state index contributed by atoms with van der Waals surface area (Å²) >= 11 is 6.65. The van der Waals surface area contributed by atoms with Gasteiger partial charge in [-0.3, -0.25) is 4.79 Å². The van der Waals surface area contributed by atoms with Crippen molar-refractivity contribution in [3.63, 3.8) is 0 Å². The van der Waals surface area contributed by atoms with Gasteiger partial charge in [-0.15, -0.1) is 20.4 Å². The summed E-state index contributed by atoms with van der Waals surface area (Å²) < 4.78 is 39.5. The van der Waals surface area contributed by atoms with Gasteiger partial charge in [0, 0.05) is 45.6 Å². The Morgan fingerprint density at radius 1 is 0.768 bits per heavy atom. The van der Waals surface area contributed by atoms with E-state index >= 15 is 0 Å². The number of hydrogen-bond acceptors (Lipinski definition) is 13. The second kappa shape index (κ2) is 17.8. The van der Waals surface area contributed by atoms with E-state index in [1.807, 2.05) is 13.0 Å². The van der Waals surface area contributed by atoms with Crippen LogP contribution >= 0.6 is 31.9 Å². The Morgan fingerprint density at radius 3 is 1.77 bits per heavy atom. The van der Waals surface area contributed by atoms with Crippen molar-refractivity contribution in [2.75, 3.05) is 11.1 Å². The van der Waals surface area contributed by atoms with Crippen molar-refractivity contribution in [2.24, 2.45) is 0 Å². The first-order valence-corrected chi connectivity index (χ1v) is 17.6. The van der Waals surface area contributed by atoms with E-state index in [0.717, 1.165) is 14.5 Å². The molecule has 6 N–H and O–H groups in total. The number of aromatic carboxylic acids is 1. The highest BCUT2D eigenvalue weighted by atomic mass is 79.9. The van der Waals surface area contributed by atoms with Crippen molar-refractivity contribution < 1.29 is 32.3 Å². The van der Waals surface area contributed by atoms with E-state index in [4.69, 9.17) is 15.3 Å². The first kappa shape index (κ1) is 40.7. The van der Waals surface area contributed by atoms with Gasteiger partial charge in [-0.1, -0.05) is 21.3 Å². The Kier molecular flexibility index (Phi) is 12.9. The number of aromatic amines is 2. The van der Waals surface area contributed by atoms with Crippen molar-refractivity contribution in [2.45, 2.75) is 34.1 Å². The zero-order valence-corrected chi connectivity index (χ0v) is 31.6. The van der Waals surface area contributed by atoms with E-state index in [2.05, 4.69) is 91.9 Å². The number of nitrogens with two attached hydrogens (primary N) is 1. The predicted molar refractivity (Wildman–Crippen MR) is 207 cm³/mol. The number of imidazole rings is 2. The molecule has 0 atom stereocenters. The van der Waals surface area contributed by atoms with Crippen molar-refractivity contribution in [1.29, 1.82) is 0 Å².